The van der Waals surface area contributed by atoms with E-state index in [9.17, 15) is 17.6 Å². The second-order valence-electron chi connectivity index (χ2n) is 7.90. The third kappa shape index (κ3) is 3.20. The van der Waals surface area contributed by atoms with Crippen LogP contribution in [0.15, 0.2) is 36.1 Å². The van der Waals surface area contributed by atoms with Gasteiger partial charge < -0.3 is 9.47 Å². The van der Waals surface area contributed by atoms with Crippen LogP contribution in [0.4, 0.5) is 4.39 Å². The van der Waals surface area contributed by atoms with Crippen LogP contribution in [0.1, 0.15) is 33.5 Å². The summed E-state index contributed by atoms with van der Waals surface area (Å²) < 4.78 is 49.4. The van der Waals surface area contributed by atoms with Crippen LogP contribution < -0.4 is 9.47 Å². The van der Waals surface area contributed by atoms with Crippen molar-refractivity contribution >= 4 is 21.7 Å². The quantitative estimate of drug-likeness (QED) is 0.684. The lowest BCUT2D eigenvalue weighted by Crippen LogP contribution is -2.41. The van der Waals surface area contributed by atoms with Gasteiger partial charge in [-0.2, -0.15) is 0 Å². The average molecular weight is 429 g/mol. The normalized spacial score (nSPS) is 23.7. The van der Waals surface area contributed by atoms with Crippen molar-refractivity contribution in [2.24, 2.45) is 0 Å². The van der Waals surface area contributed by atoms with Gasteiger partial charge in [-0.15, -0.1) is 0 Å². The van der Waals surface area contributed by atoms with Gasteiger partial charge in [-0.1, -0.05) is 18.2 Å². The summed E-state index contributed by atoms with van der Waals surface area (Å²) in [6.07, 6.45) is 2.00. The largest absolute Gasteiger partial charge is 0.477 e. The van der Waals surface area contributed by atoms with Gasteiger partial charge in [0.15, 0.2) is 15.6 Å². The minimum Gasteiger partial charge on any atom is -0.477 e. The number of hydrogen-bond acceptors (Lipinski definition) is 6. The van der Waals surface area contributed by atoms with E-state index >= 15 is 0 Å². The van der Waals surface area contributed by atoms with Crippen LogP contribution in [0.5, 0.6) is 11.5 Å². The number of halogens is 1. The molecule has 8 heteroatoms. The first-order valence-electron chi connectivity index (χ1n) is 9.75. The van der Waals surface area contributed by atoms with Crippen LogP contribution in [0.25, 0.3) is 6.08 Å². The van der Waals surface area contributed by atoms with Crippen LogP contribution in [0.3, 0.4) is 0 Å². The van der Waals surface area contributed by atoms with Gasteiger partial charge in [-0.3, -0.25) is 9.69 Å². The molecule has 2 aromatic rings. The number of rotatable bonds is 2. The van der Waals surface area contributed by atoms with Gasteiger partial charge in [-0.05, 0) is 31.6 Å². The topological polar surface area (TPSA) is 72.9 Å². The second kappa shape index (κ2) is 6.92. The Bertz CT molecular complexity index is 1200. The number of carbonyl (C=O) groups excluding carboxylic acids is 1. The molecule has 0 radical (unpaired) electrons. The maximum Gasteiger partial charge on any atom is 0.231 e. The summed E-state index contributed by atoms with van der Waals surface area (Å²) in [4.78, 5) is 14.9. The molecule has 0 aromatic heterocycles. The first-order valence-corrected chi connectivity index (χ1v) is 11.6. The Morgan fingerprint density at radius 2 is 2.03 bits per heavy atom. The van der Waals surface area contributed by atoms with Crippen LogP contribution >= 0.6 is 0 Å². The fourth-order valence-corrected chi connectivity index (χ4v) is 6.06. The van der Waals surface area contributed by atoms with Crippen LogP contribution in [-0.4, -0.2) is 43.4 Å². The molecule has 30 heavy (non-hydrogen) atoms. The standard InChI is InChI=1S/C22H20FNO5S/c1-13-21-15(10-24(12-28-21)16-6-7-30(26,27)11-16)8-17-20(25)19(29-22(13)17)9-14-4-2-3-5-18(14)23/h2-5,8-9,16H,6-7,10-12H2,1H3/b19-9-. The zero-order chi connectivity index (χ0) is 21.0. The minimum atomic E-state index is -3.00. The first-order chi connectivity index (χ1) is 14.3. The van der Waals surface area contributed by atoms with Crippen molar-refractivity contribution in [2.75, 3.05) is 18.2 Å². The fourth-order valence-electron chi connectivity index (χ4n) is 4.30. The van der Waals surface area contributed by atoms with Crippen molar-refractivity contribution in [3.63, 3.8) is 0 Å². The van der Waals surface area contributed by atoms with Crippen molar-refractivity contribution in [1.82, 2.24) is 4.90 Å². The highest BCUT2D eigenvalue weighted by atomic mass is 32.2. The number of ketones is 1. The molecule has 0 aliphatic carbocycles. The maximum absolute atomic E-state index is 14.0. The number of sulfone groups is 1. The minimum absolute atomic E-state index is 0.0688. The zero-order valence-electron chi connectivity index (χ0n) is 16.4. The smallest absolute Gasteiger partial charge is 0.231 e. The summed E-state index contributed by atoms with van der Waals surface area (Å²) in [6.45, 7) is 2.62. The number of nitrogens with zero attached hydrogens (tertiary/aromatic N) is 1. The maximum atomic E-state index is 14.0. The van der Waals surface area contributed by atoms with Gasteiger partial charge in [0.1, 0.15) is 24.0 Å². The molecule has 1 fully saturated rings. The number of fused-ring (bicyclic) bond motifs is 2. The molecule has 3 aliphatic rings. The van der Waals surface area contributed by atoms with Crippen molar-refractivity contribution < 1.29 is 27.1 Å². The molecular formula is C22H20FNO5S. The summed E-state index contributed by atoms with van der Waals surface area (Å²) >= 11 is 0. The monoisotopic (exact) mass is 429 g/mol. The Hall–Kier alpha value is -2.71. The molecule has 5 rings (SSSR count). The van der Waals surface area contributed by atoms with Gasteiger partial charge in [0, 0.05) is 29.3 Å². The second-order valence-corrected chi connectivity index (χ2v) is 10.1. The average Bonchev–Trinajstić information content (AvgIpc) is 3.23. The third-order valence-electron chi connectivity index (χ3n) is 5.88. The predicted octanol–water partition coefficient (Wildman–Crippen LogP) is 3.09. The Kier molecular flexibility index (Phi) is 4.44. The molecule has 0 amide bonds. The van der Waals surface area contributed by atoms with Crippen LogP contribution in [0, 0.1) is 12.7 Å². The molecule has 0 spiro atoms. The van der Waals surface area contributed by atoms with E-state index in [2.05, 4.69) is 0 Å². The summed E-state index contributed by atoms with van der Waals surface area (Å²) in [6, 6.07) is 7.85. The molecule has 0 bridgehead atoms. The Balaban J connectivity index is 1.46. The highest BCUT2D eigenvalue weighted by Crippen LogP contribution is 2.43. The van der Waals surface area contributed by atoms with E-state index in [1.54, 1.807) is 24.3 Å². The number of Topliss-reactive ketones (excluding diaryl/α,β-unsaturated/α-hetero) is 1. The number of carbonyl (C=O) groups is 1. The van der Waals surface area contributed by atoms with Crippen LogP contribution in [0.2, 0.25) is 0 Å². The van der Waals surface area contributed by atoms with Gasteiger partial charge in [0.05, 0.1) is 17.1 Å². The van der Waals surface area contributed by atoms with Crippen LogP contribution in [-0.2, 0) is 16.4 Å². The molecule has 1 unspecified atom stereocenters. The number of allylic oxidation sites excluding steroid dienone is 1. The lowest BCUT2D eigenvalue weighted by atomic mass is 9.99. The summed E-state index contributed by atoms with van der Waals surface area (Å²) in [5.74, 6) is 0.746. The molecule has 1 atom stereocenters. The van der Waals surface area contributed by atoms with Crippen molar-refractivity contribution in [3.8, 4) is 11.5 Å². The molecule has 0 N–H and O–H groups in total. The van der Waals surface area contributed by atoms with E-state index in [-0.39, 0.29) is 34.7 Å². The number of hydrogen-bond donors (Lipinski definition) is 0. The Labute approximate surface area is 173 Å². The van der Waals surface area contributed by atoms with E-state index in [0.29, 0.717) is 42.3 Å². The van der Waals surface area contributed by atoms with E-state index in [1.807, 2.05) is 11.8 Å². The molecule has 1 saturated heterocycles. The Morgan fingerprint density at radius 1 is 1.23 bits per heavy atom. The lowest BCUT2D eigenvalue weighted by molar-refractivity contribution is 0.0637. The van der Waals surface area contributed by atoms with E-state index in [0.717, 1.165) is 5.56 Å². The number of ether oxygens (including phenoxy) is 2. The van der Waals surface area contributed by atoms with Gasteiger partial charge in [0.25, 0.3) is 0 Å². The van der Waals surface area contributed by atoms with Crippen molar-refractivity contribution in [2.45, 2.75) is 25.9 Å². The van der Waals surface area contributed by atoms with Gasteiger partial charge in [-0.25, -0.2) is 12.8 Å². The molecule has 3 heterocycles. The SMILES string of the molecule is Cc1c2c(cc3c1O/C(=C\c1ccccc1F)C3=O)CN(C1CCS(=O)(=O)C1)CO2. The van der Waals surface area contributed by atoms with E-state index in [1.165, 1.54) is 12.1 Å². The predicted molar refractivity (Wildman–Crippen MR) is 109 cm³/mol. The summed E-state index contributed by atoms with van der Waals surface area (Å²) in [7, 11) is -3.00. The van der Waals surface area contributed by atoms with Crippen molar-refractivity contribution in [3.05, 3.63) is 64.2 Å². The summed E-state index contributed by atoms with van der Waals surface area (Å²) in [5.41, 5.74) is 2.23. The highest BCUT2D eigenvalue weighted by Gasteiger charge is 2.37. The molecule has 2 aromatic carbocycles. The third-order valence-corrected chi connectivity index (χ3v) is 7.63. The highest BCUT2D eigenvalue weighted by molar-refractivity contribution is 7.91. The summed E-state index contributed by atoms with van der Waals surface area (Å²) in [5, 5.41) is 0. The molecule has 156 valence electrons. The molecule has 3 aliphatic heterocycles. The fraction of sp³-hybridized carbons (Fsp3) is 0.318. The van der Waals surface area contributed by atoms with Gasteiger partial charge in [0.2, 0.25) is 5.78 Å². The zero-order valence-corrected chi connectivity index (χ0v) is 17.2. The molecule has 0 saturated carbocycles. The number of benzene rings is 2. The lowest BCUT2D eigenvalue weighted by Gasteiger charge is -2.33. The molecular weight excluding hydrogens is 409 g/mol. The Morgan fingerprint density at radius 3 is 2.77 bits per heavy atom. The first kappa shape index (κ1) is 19.3. The van der Waals surface area contributed by atoms with E-state index in [4.69, 9.17) is 9.47 Å². The van der Waals surface area contributed by atoms with Crippen molar-refractivity contribution in [1.29, 1.82) is 0 Å². The van der Waals surface area contributed by atoms with E-state index < -0.39 is 15.7 Å². The van der Waals surface area contributed by atoms with Gasteiger partial charge >= 0.3 is 0 Å². The molecule has 6 nitrogen and oxygen atoms in total.